The molecule has 0 bridgehead atoms. The first-order valence-corrected chi connectivity index (χ1v) is 12.0. The van der Waals surface area contributed by atoms with E-state index in [9.17, 15) is 19.2 Å². The topological polar surface area (TPSA) is 136 Å². The molecule has 1 aliphatic carbocycles. The lowest BCUT2D eigenvalue weighted by atomic mass is 9.83. The van der Waals surface area contributed by atoms with E-state index in [1.807, 2.05) is 6.07 Å². The average molecular weight is 479 g/mol. The molecule has 1 saturated carbocycles. The van der Waals surface area contributed by atoms with Gasteiger partial charge in [-0.2, -0.15) is 0 Å². The van der Waals surface area contributed by atoms with E-state index in [0.717, 1.165) is 37.9 Å². The number of amides is 4. The van der Waals surface area contributed by atoms with Gasteiger partial charge in [-0.3, -0.25) is 24.5 Å². The van der Waals surface area contributed by atoms with Crippen molar-refractivity contribution in [1.29, 1.82) is 0 Å². The van der Waals surface area contributed by atoms with Gasteiger partial charge >= 0.3 is 0 Å². The number of ether oxygens (including phenoxy) is 1. The van der Waals surface area contributed by atoms with Crippen LogP contribution in [-0.4, -0.2) is 68.8 Å². The van der Waals surface area contributed by atoms with Crippen molar-refractivity contribution in [3.63, 3.8) is 0 Å². The van der Waals surface area contributed by atoms with E-state index in [4.69, 9.17) is 4.74 Å². The number of carbonyl (C=O) groups is 4. The third-order valence-corrected chi connectivity index (χ3v) is 7.85. The first-order valence-electron chi connectivity index (χ1n) is 12.0. The summed E-state index contributed by atoms with van der Waals surface area (Å²) in [5.41, 5.74) is 2.09. The number of nitrogens with one attached hydrogen (secondary N) is 2. The summed E-state index contributed by atoms with van der Waals surface area (Å²) in [7, 11) is 0. The first-order chi connectivity index (χ1) is 16.9. The van der Waals surface area contributed by atoms with Crippen LogP contribution in [0.2, 0.25) is 0 Å². The Morgan fingerprint density at radius 2 is 2.11 bits per heavy atom. The molecule has 4 heterocycles. The summed E-state index contributed by atoms with van der Waals surface area (Å²) in [5, 5.41) is 13.4. The Labute approximate surface area is 201 Å². The molecule has 4 aliphatic rings. The van der Waals surface area contributed by atoms with Gasteiger partial charge in [-0.15, -0.1) is 5.10 Å². The van der Waals surface area contributed by atoms with E-state index >= 15 is 0 Å². The van der Waals surface area contributed by atoms with Crippen LogP contribution in [0.25, 0.3) is 5.69 Å². The molecule has 0 spiro atoms. The number of nitrogens with zero attached hydrogens (tertiary/aromatic N) is 4. The largest absolute Gasteiger partial charge is 0.378 e. The Hall–Kier alpha value is -3.60. The minimum atomic E-state index is -0.665. The van der Waals surface area contributed by atoms with Gasteiger partial charge in [0.15, 0.2) is 5.69 Å². The van der Waals surface area contributed by atoms with Crippen molar-refractivity contribution in [3.8, 4) is 5.69 Å². The number of carbonyl (C=O) groups excluding carboxylic acids is 4. The number of benzene rings is 1. The van der Waals surface area contributed by atoms with E-state index in [-0.39, 0.29) is 41.4 Å². The molecule has 1 aromatic carbocycles. The van der Waals surface area contributed by atoms with Gasteiger partial charge < -0.3 is 15.0 Å². The molecular formula is C24H26N6O5. The lowest BCUT2D eigenvalue weighted by molar-refractivity contribution is -0.136. The van der Waals surface area contributed by atoms with Crippen LogP contribution in [0.4, 0.5) is 0 Å². The van der Waals surface area contributed by atoms with Crippen LogP contribution in [0.15, 0.2) is 24.4 Å². The van der Waals surface area contributed by atoms with Crippen LogP contribution in [0.3, 0.4) is 0 Å². The molecule has 2 N–H and O–H groups in total. The summed E-state index contributed by atoms with van der Waals surface area (Å²) in [6, 6.07) is 4.64. The highest BCUT2D eigenvalue weighted by Crippen LogP contribution is 2.46. The first kappa shape index (κ1) is 21.9. The summed E-state index contributed by atoms with van der Waals surface area (Å²) < 4.78 is 7.30. The number of piperidine rings is 1. The molecule has 3 atom stereocenters. The van der Waals surface area contributed by atoms with Crippen molar-refractivity contribution in [2.75, 3.05) is 13.2 Å². The lowest BCUT2D eigenvalue weighted by Gasteiger charge is -2.29. The van der Waals surface area contributed by atoms with Crippen LogP contribution < -0.4 is 10.6 Å². The van der Waals surface area contributed by atoms with Crippen LogP contribution in [0.1, 0.15) is 64.9 Å². The maximum Gasteiger partial charge on any atom is 0.273 e. The lowest BCUT2D eigenvalue weighted by Crippen LogP contribution is -2.52. The average Bonchev–Trinajstić information content (AvgIpc) is 3.61. The van der Waals surface area contributed by atoms with Crippen LogP contribution >= 0.6 is 0 Å². The molecule has 11 nitrogen and oxygen atoms in total. The number of fused-ring (bicyclic) bond motifs is 2. The summed E-state index contributed by atoms with van der Waals surface area (Å²) in [6.07, 6.45) is 6.48. The number of hydrogen-bond donors (Lipinski definition) is 2. The second-order valence-electron chi connectivity index (χ2n) is 9.84. The Morgan fingerprint density at radius 1 is 1.23 bits per heavy atom. The Morgan fingerprint density at radius 3 is 2.97 bits per heavy atom. The fraction of sp³-hybridized carbons (Fsp3) is 0.500. The van der Waals surface area contributed by atoms with Gasteiger partial charge in [-0.1, -0.05) is 17.7 Å². The summed E-state index contributed by atoms with van der Waals surface area (Å²) in [5.74, 6) is -1.31. The number of rotatable bonds is 5. The monoisotopic (exact) mass is 478 g/mol. The highest BCUT2D eigenvalue weighted by molar-refractivity contribution is 6.05. The number of aromatic nitrogens is 3. The molecule has 3 aliphatic heterocycles. The zero-order valence-corrected chi connectivity index (χ0v) is 19.2. The van der Waals surface area contributed by atoms with Gasteiger partial charge in [0.25, 0.3) is 11.8 Å². The normalized spacial score (nSPS) is 27.7. The summed E-state index contributed by atoms with van der Waals surface area (Å²) >= 11 is 0. The minimum Gasteiger partial charge on any atom is -0.378 e. The third kappa shape index (κ3) is 3.70. The van der Waals surface area contributed by atoms with Crippen LogP contribution in [0.5, 0.6) is 0 Å². The molecule has 35 heavy (non-hydrogen) atoms. The van der Waals surface area contributed by atoms with Crippen molar-refractivity contribution in [2.45, 2.75) is 57.2 Å². The number of hydrogen-bond acceptors (Lipinski definition) is 7. The van der Waals surface area contributed by atoms with E-state index in [2.05, 4.69) is 20.9 Å². The molecule has 2 saturated heterocycles. The molecule has 182 valence electrons. The van der Waals surface area contributed by atoms with Crippen LogP contribution in [0, 0.1) is 5.41 Å². The van der Waals surface area contributed by atoms with Crippen molar-refractivity contribution in [1.82, 2.24) is 30.5 Å². The van der Waals surface area contributed by atoms with Crippen molar-refractivity contribution < 1.29 is 23.9 Å². The molecule has 1 aromatic heterocycles. The number of imide groups is 1. The van der Waals surface area contributed by atoms with Crippen molar-refractivity contribution in [3.05, 3.63) is 41.2 Å². The fourth-order valence-electron chi connectivity index (χ4n) is 5.87. The Balaban J connectivity index is 1.15. The van der Waals surface area contributed by atoms with Crippen molar-refractivity contribution >= 4 is 23.6 Å². The van der Waals surface area contributed by atoms with Gasteiger partial charge in [-0.25, -0.2) is 4.68 Å². The Kier molecular flexibility index (Phi) is 5.17. The van der Waals surface area contributed by atoms with E-state index in [1.165, 1.54) is 9.58 Å². The SMILES string of the molecule is O=C1CCC(N2Cc3ccc(-n4cc(C(=O)NC[C@]56CCC[C@H]5OCC6)nn4)cc3C2=O)C(=O)N1. The summed E-state index contributed by atoms with van der Waals surface area (Å²) in [4.78, 5) is 51.0. The highest BCUT2D eigenvalue weighted by Gasteiger charge is 2.47. The van der Waals surface area contributed by atoms with Gasteiger partial charge in [0.1, 0.15) is 6.04 Å². The molecule has 0 radical (unpaired) electrons. The second-order valence-corrected chi connectivity index (χ2v) is 9.84. The zero-order valence-electron chi connectivity index (χ0n) is 19.2. The second kappa shape index (κ2) is 8.26. The van der Waals surface area contributed by atoms with Gasteiger partial charge in [0.05, 0.1) is 18.0 Å². The van der Waals surface area contributed by atoms with Gasteiger partial charge in [0.2, 0.25) is 11.8 Å². The third-order valence-electron chi connectivity index (χ3n) is 7.85. The molecule has 11 heteroatoms. The Bertz CT molecular complexity index is 1230. The van der Waals surface area contributed by atoms with E-state index in [0.29, 0.717) is 30.8 Å². The highest BCUT2D eigenvalue weighted by atomic mass is 16.5. The molecule has 6 rings (SSSR count). The summed E-state index contributed by atoms with van der Waals surface area (Å²) in [6.45, 7) is 1.61. The smallest absolute Gasteiger partial charge is 0.273 e. The van der Waals surface area contributed by atoms with Crippen molar-refractivity contribution in [2.24, 2.45) is 5.41 Å². The quantitative estimate of drug-likeness (QED) is 0.605. The predicted octanol–water partition coefficient (Wildman–Crippen LogP) is 0.717. The zero-order chi connectivity index (χ0) is 24.2. The molecule has 3 fully saturated rings. The predicted molar refractivity (Wildman–Crippen MR) is 120 cm³/mol. The standard InChI is InChI=1S/C24H26N6O5/c31-20-6-5-18(22(33)26-20)29-11-14-3-4-15(10-16(14)23(29)34)30-12-17(27-28-30)21(32)25-13-24-7-1-2-19(24)35-9-8-24/h3-4,10,12,18-19H,1-2,5-9,11,13H2,(H,25,32)(H,26,31,33)/t18?,19-,24-/m1/s1. The van der Waals surface area contributed by atoms with E-state index in [1.54, 1.807) is 18.3 Å². The molecule has 1 unspecified atom stereocenters. The molecule has 2 aromatic rings. The minimum absolute atomic E-state index is 0.0282. The maximum atomic E-state index is 13.1. The van der Waals surface area contributed by atoms with Crippen LogP contribution in [-0.2, 0) is 20.9 Å². The van der Waals surface area contributed by atoms with E-state index < -0.39 is 11.9 Å². The molecule has 4 amide bonds. The van der Waals surface area contributed by atoms with Gasteiger partial charge in [-0.05, 0) is 43.4 Å². The molecular weight excluding hydrogens is 452 g/mol. The van der Waals surface area contributed by atoms with Gasteiger partial charge in [0, 0.05) is 37.1 Å². The fourth-order valence-corrected chi connectivity index (χ4v) is 5.87. The maximum absolute atomic E-state index is 13.1.